The van der Waals surface area contributed by atoms with Gasteiger partial charge in [0, 0.05) is 36.0 Å². The lowest BCUT2D eigenvalue weighted by atomic mass is 9.96. The molecule has 1 aliphatic rings. The maximum atomic E-state index is 12.5. The van der Waals surface area contributed by atoms with Crippen LogP contribution in [0.3, 0.4) is 0 Å². The zero-order chi connectivity index (χ0) is 20.5. The highest BCUT2D eigenvalue weighted by Crippen LogP contribution is 2.29. The van der Waals surface area contributed by atoms with E-state index in [9.17, 15) is 4.79 Å². The van der Waals surface area contributed by atoms with Crippen LogP contribution in [0.1, 0.15) is 82.9 Å². The molecule has 1 fully saturated rings. The number of likely N-dealkylation sites (tertiary alicyclic amines) is 1. The van der Waals surface area contributed by atoms with Crippen molar-refractivity contribution in [2.75, 3.05) is 13.1 Å². The summed E-state index contributed by atoms with van der Waals surface area (Å²) in [4.78, 5) is 19.0. The quantitative estimate of drug-likeness (QED) is 0.429. The Balaban J connectivity index is 1.39. The first kappa shape index (κ1) is 21.8. The molecule has 1 amide bonds. The van der Waals surface area contributed by atoms with E-state index in [0.29, 0.717) is 29.1 Å². The minimum absolute atomic E-state index is 0.228. The van der Waals surface area contributed by atoms with Crippen molar-refractivity contribution in [2.24, 2.45) is 0 Å². The predicted octanol–water partition coefficient (Wildman–Crippen LogP) is 6.24. The lowest BCUT2D eigenvalue weighted by Gasteiger charge is -2.30. The van der Waals surface area contributed by atoms with Crippen molar-refractivity contribution in [3.8, 4) is 11.4 Å². The van der Waals surface area contributed by atoms with Crippen molar-refractivity contribution in [3.05, 3.63) is 35.2 Å². The topological polar surface area (TPSA) is 59.2 Å². The van der Waals surface area contributed by atoms with Gasteiger partial charge in [0.2, 0.25) is 17.6 Å². The fourth-order valence-corrected chi connectivity index (χ4v) is 4.01. The molecule has 1 aromatic heterocycles. The molecule has 0 radical (unpaired) electrons. The van der Waals surface area contributed by atoms with Gasteiger partial charge in [-0.3, -0.25) is 4.79 Å². The number of amides is 1. The summed E-state index contributed by atoms with van der Waals surface area (Å²) in [6, 6.07) is 7.43. The molecule has 0 N–H and O–H groups in total. The van der Waals surface area contributed by atoms with Crippen molar-refractivity contribution < 1.29 is 9.32 Å². The highest BCUT2D eigenvalue weighted by atomic mass is 35.5. The minimum atomic E-state index is 0.228. The summed E-state index contributed by atoms with van der Waals surface area (Å²) in [5.74, 6) is 1.79. The highest BCUT2D eigenvalue weighted by molar-refractivity contribution is 6.30. The van der Waals surface area contributed by atoms with Gasteiger partial charge in [0.25, 0.3) is 0 Å². The van der Waals surface area contributed by atoms with Crippen LogP contribution in [0.4, 0.5) is 0 Å². The lowest BCUT2D eigenvalue weighted by molar-refractivity contribution is -0.132. The van der Waals surface area contributed by atoms with Gasteiger partial charge in [-0.25, -0.2) is 0 Å². The summed E-state index contributed by atoms with van der Waals surface area (Å²) in [6.45, 7) is 3.79. The second-order valence-electron chi connectivity index (χ2n) is 7.99. The Labute approximate surface area is 178 Å². The van der Waals surface area contributed by atoms with Crippen LogP contribution in [0.25, 0.3) is 11.4 Å². The molecular formula is C23H32ClN3O2. The van der Waals surface area contributed by atoms with E-state index in [-0.39, 0.29) is 5.92 Å². The minimum Gasteiger partial charge on any atom is -0.343 e. The summed E-state index contributed by atoms with van der Waals surface area (Å²) in [6.07, 6.45) is 11.1. The number of rotatable bonds is 10. The summed E-state index contributed by atoms with van der Waals surface area (Å²) in [5, 5.41) is 4.80. The fraction of sp³-hybridized carbons (Fsp3) is 0.609. The van der Waals surface area contributed by atoms with Crippen LogP contribution in [-0.2, 0) is 4.79 Å². The van der Waals surface area contributed by atoms with E-state index in [1.165, 1.54) is 38.5 Å². The van der Waals surface area contributed by atoms with E-state index in [2.05, 4.69) is 17.1 Å². The molecule has 0 atom stereocenters. The number of unbranched alkanes of at least 4 members (excludes halogenated alkanes) is 6. The molecule has 1 aromatic carbocycles. The average Bonchev–Trinajstić information content (AvgIpc) is 3.24. The van der Waals surface area contributed by atoms with Crippen LogP contribution < -0.4 is 0 Å². The third kappa shape index (κ3) is 6.56. The molecule has 1 saturated heterocycles. The Morgan fingerprint density at radius 3 is 2.41 bits per heavy atom. The van der Waals surface area contributed by atoms with Gasteiger partial charge in [0.05, 0.1) is 0 Å². The van der Waals surface area contributed by atoms with Gasteiger partial charge in [-0.05, 0) is 43.5 Å². The van der Waals surface area contributed by atoms with Crippen LogP contribution in [0.2, 0.25) is 5.02 Å². The van der Waals surface area contributed by atoms with E-state index in [0.717, 1.165) is 37.9 Å². The van der Waals surface area contributed by atoms with Crippen LogP contribution in [0, 0.1) is 0 Å². The second-order valence-corrected chi connectivity index (χ2v) is 8.43. The molecule has 2 aromatic rings. The highest BCUT2D eigenvalue weighted by Gasteiger charge is 2.27. The largest absolute Gasteiger partial charge is 0.343 e. The van der Waals surface area contributed by atoms with Crippen LogP contribution >= 0.6 is 11.6 Å². The Kier molecular flexibility index (Phi) is 8.53. The van der Waals surface area contributed by atoms with E-state index >= 15 is 0 Å². The SMILES string of the molecule is CCCCCCCCCC(=O)N1CCC(c2nc(-c3ccc(Cl)cc3)no2)CC1. The predicted molar refractivity (Wildman–Crippen MR) is 116 cm³/mol. The standard InChI is InChI=1S/C23H32ClN3O2/c1-2-3-4-5-6-7-8-9-21(28)27-16-14-19(15-17-27)23-25-22(26-29-23)18-10-12-20(24)13-11-18/h10-13,19H,2-9,14-17H2,1H3. The van der Waals surface area contributed by atoms with Gasteiger partial charge < -0.3 is 9.42 Å². The molecule has 158 valence electrons. The molecule has 29 heavy (non-hydrogen) atoms. The van der Waals surface area contributed by atoms with Gasteiger partial charge >= 0.3 is 0 Å². The number of hydrogen-bond acceptors (Lipinski definition) is 4. The van der Waals surface area contributed by atoms with E-state index in [4.69, 9.17) is 16.1 Å². The summed E-state index contributed by atoms with van der Waals surface area (Å²) < 4.78 is 5.51. The Bertz CT molecular complexity index is 752. The van der Waals surface area contributed by atoms with Crippen molar-refractivity contribution in [3.63, 3.8) is 0 Å². The molecular weight excluding hydrogens is 386 g/mol. The molecule has 6 heteroatoms. The van der Waals surface area contributed by atoms with Gasteiger partial charge in [-0.1, -0.05) is 62.2 Å². The van der Waals surface area contributed by atoms with E-state index < -0.39 is 0 Å². The van der Waals surface area contributed by atoms with Crippen LogP contribution in [-0.4, -0.2) is 34.0 Å². The first-order valence-electron chi connectivity index (χ1n) is 11.0. The summed E-state index contributed by atoms with van der Waals surface area (Å²) in [5.41, 5.74) is 0.895. The van der Waals surface area contributed by atoms with Crippen molar-refractivity contribution in [1.82, 2.24) is 15.0 Å². The van der Waals surface area contributed by atoms with Crippen molar-refractivity contribution in [2.45, 2.75) is 77.0 Å². The van der Waals surface area contributed by atoms with E-state index in [1.807, 2.05) is 29.2 Å². The molecule has 0 unspecified atom stereocenters. The summed E-state index contributed by atoms with van der Waals surface area (Å²) in [7, 11) is 0. The molecule has 1 aliphatic heterocycles. The number of carbonyl (C=O) groups excluding carboxylic acids is 1. The normalized spacial score (nSPS) is 15.0. The molecule has 2 heterocycles. The molecule has 0 spiro atoms. The van der Waals surface area contributed by atoms with Gasteiger partial charge in [0.1, 0.15) is 0 Å². The molecule has 5 nitrogen and oxygen atoms in total. The molecule has 0 aliphatic carbocycles. The maximum absolute atomic E-state index is 12.5. The first-order chi connectivity index (χ1) is 14.2. The van der Waals surface area contributed by atoms with Gasteiger partial charge in [0.15, 0.2) is 0 Å². The third-order valence-corrected chi connectivity index (χ3v) is 5.99. The number of aromatic nitrogens is 2. The Morgan fingerprint density at radius 2 is 1.72 bits per heavy atom. The fourth-order valence-electron chi connectivity index (χ4n) is 3.88. The second kappa shape index (κ2) is 11.3. The lowest BCUT2D eigenvalue weighted by Crippen LogP contribution is -2.37. The smallest absolute Gasteiger partial charge is 0.230 e. The molecule has 0 saturated carbocycles. The number of carbonyl (C=O) groups is 1. The van der Waals surface area contributed by atoms with Crippen molar-refractivity contribution >= 4 is 17.5 Å². The average molecular weight is 418 g/mol. The summed E-state index contributed by atoms with van der Waals surface area (Å²) >= 11 is 5.93. The number of benzene rings is 1. The maximum Gasteiger partial charge on any atom is 0.230 e. The molecule has 0 bridgehead atoms. The Hall–Kier alpha value is -1.88. The monoisotopic (exact) mass is 417 g/mol. The molecule has 3 rings (SSSR count). The number of nitrogens with zero attached hydrogens (tertiary/aromatic N) is 3. The van der Waals surface area contributed by atoms with Gasteiger partial charge in [-0.2, -0.15) is 4.98 Å². The third-order valence-electron chi connectivity index (χ3n) is 5.74. The van der Waals surface area contributed by atoms with Gasteiger partial charge in [-0.15, -0.1) is 0 Å². The van der Waals surface area contributed by atoms with Crippen molar-refractivity contribution in [1.29, 1.82) is 0 Å². The number of hydrogen-bond donors (Lipinski definition) is 0. The first-order valence-corrected chi connectivity index (χ1v) is 11.4. The Morgan fingerprint density at radius 1 is 1.07 bits per heavy atom. The van der Waals surface area contributed by atoms with Crippen LogP contribution in [0.15, 0.2) is 28.8 Å². The number of halogens is 1. The zero-order valence-corrected chi connectivity index (χ0v) is 18.2. The van der Waals surface area contributed by atoms with E-state index in [1.54, 1.807) is 0 Å². The number of piperidine rings is 1. The zero-order valence-electron chi connectivity index (χ0n) is 17.4. The van der Waals surface area contributed by atoms with Crippen LogP contribution in [0.5, 0.6) is 0 Å².